The molecule has 1 aromatic heterocycles. The minimum atomic E-state index is -5.06. The Hall–Kier alpha value is -3.86. The number of aromatic nitrogens is 1. The Morgan fingerprint density at radius 3 is 2.23 bits per heavy atom. The molecule has 0 fully saturated rings. The minimum Gasteiger partial charge on any atom is -0.490 e. The Bertz CT molecular complexity index is 1500. The molecule has 0 aliphatic carbocycles. The molecule has 3 aromatic carbocycles. The summed E-state index contributed by atoms with van der Waals surface area (Å²) in [5.41, 5.74) is -0.402. The molecule has 1 heterocycles. The first kappa shape index (κ1) is 28.2. The van der Waals surface area contributed by atoms with Gasteiger partial charge in [-0.25, -0.2) is 8.78 Å². The maximum atomic E-state index is 14.8. The Balaban J connectivity index is 1.86. The number of rotatable bonds is 8. The van der Waals surface area contributed by atoms with E-state index in [1.54, 1.807) is 13.2 Å². The number of aryl methyl sites for hydroxylation is 1. The van der Waals surface area contributed by atoms with Crippen LogP contribution in [-0.2, 0) is 12.8 Å². The van der Waals surface area contributed by atoms with Crippen LogP contribution < -0.4 is 14.2 Å². The average molecular weight is 566 g/mol. The highest BCUT2D eigenvalue weighted by Gasteiger charge is 2.36. The molecular formula is C28H21F6NO3S. The zero-order valence-corrected chi connectivity index (χ0v) is 21.6. The largest absolute Gasteiger partial charge is 0.490 e. The van der Waals surface area contributed by atoms with Crippen molar-refractivity contribution in [2.24, 2.45) is 0 Å². The van der Waals surface area contributed by atoms with Gasteiger partial charge in [0, 0.05) is 11.6 Å². The van der Waals surface area contributed by atoms with Crippen molar-refractivity contribution in [2.75, 3.05) is 13.4 Å². The summed E-state index contributed by atoms with van der Waals surface area (Å²) in [6, 6.07) is 13.5. The van der Waals surface area contributed by atoms with Gasteiger partial charge in [0.05, 0.1) is 29.0 Å². The third kappa shape index (κ3) is 6.08. The number of alkyl halides is 3. The number of ether oxygens (including phenoxy) is 3. The van der Waals surface area contributed by atoms with E-state index in [2.05, 4.69) is 4.98 Å². The first-order valence-electron chi connectivity index (χ1n) is 11.4. The van der Waals surface area contributed by atoms with Crippen molar-refractivity contribution >= 4 is 11.8 Å². The molecule has 0 saturated heterocycles. The Kier molecular flexibility index (Phi) is 8.29. The van der Waals surface area contributed by atoms with E-state index >= 15 is 0 Å². The molecule has 0 amide bonds. The summed E-state index contributed by atoms with van der Waals surface area (Å²) in [6.45, 7) is 1.86. The highest BCUT2D eigenvalue weighted by molar-refractivity contribution is 7.98. The molecule has 0 N–H and O–H groups in total. The van der Waals surface area contributed by atoms with Crippen molar-refractivity contribution in [3.8, 4) is 34.3 Å². The van der Waals surface area contributed by atoms with E-state index in [1.807, 2.05) is 30.3 Å². The number of hydrogen-bond donors (Lipinski definition) is 0. The first-order chi connectivity index (χ1) is 18.5. The summed E-state index contributed by atoms with van der Waals surface area (Å²) < 4.78 is 100.0. The summed E-state index contributed by atoms with van der Waals surface area (Å²) in [6.07, 6.45) is -3.25. The maximum absolute atomic E-state index is 14.8. The van der Waals surface area contributed by atoms with Crippen molar-refractivity contribution in [3.05, 3.63) is 94.9 Å². The van der Waals surface area contributed by atoms with E-state index in [-0.39, 0.29) is 17.9 Å². The second-order valence-corrected chi connectivity index (χ2v) is 9.04. The molecule has 4 nitrogen and oxygen atoms in total. The quantitative estimate of drug-likeness (QED) is 0.158. The zero-order chi connectivity index (χ0) is 28.3. The van der Waals surface area contributed by atoms with Gasteiger partial charge in [-0.05, 0) is 43.0 Å². The number of thioether (sulfide) groups is 1. The molecular weight excluding hydrogens is 544 g/mol. The van der Waals surface area contributed by atoms with E-state index < -0.39 is 46.4 Å². The van der Waals surface area contributed by atoms with Crippen LogP contribution in [0.1, 0.15) is 16.8 Å². The van der Waals surface area contributed by atoms with Crippen LogP contribution in [0.2, 0.25) is 0 Å². The Labute approximate surface area is 224 Å². The van der Waals surface area contributed by atoms with Gasteiger partial charge in [-0.3, -0.25) is 4.98 Å². The topological polar surface area (TPSA) is 40.6 Å². The fourth-order valence-electron chi connectivity index (χ4n) is 3.82. The fraction of sp³-hybridized carbons (Fsp3) is 0.179. The zero-order valence-electron chi connectivity index (χ0n) is 20.8. The highest BCUT2D eigenvalue weighted by atomic mass is 32.2. The van der Waals surface area contributed by atoms with Crippen LogP contribution in [0, 0.1) is 24.4 Å². The lowest BCUT2D eigenvalue weighted by Crippen LogP contribution is -2.09. The molecule has 4 rings (SSSR count). The van der Waals surface area contributed by atoms with Crippen LogP contribution in [-0.4, -0.2) is 18.3 Å². The van der Waals surface area contributed by atoms with Crippen LogP contribution in [0.4, 0.5) is 26.3 Å². The molecule has 0 aliphatic rings. The molecule has 204 valence electrons. The van der Waals surface area contributed by atoms with Gasteiger partial charge in [-0.15, -0.1) is 11.8 Å². The predicted molar refractivity (Wildman–Crippen MR) is 135 cm³/mol. The average Bonchev–Trinajstić information content (AvgIpc) is 2.90. The number of nitrogens with zero attached hydrogens (tertiary/aromatic N) is 1. The van der Waals surface area contributed by atoms with Crippen molar-refractivity contribution in [1.29, 1.82) is 0 Å². The number of methoxy groups -OCH3 is 1. The van der Waals surface area contributed by atoms with Crippen molar-refractivity contribution < 1.29 is 40.6 Å². The summed E-state index contributed by atoms with van der Waals surface area (Å²) >= 11 is 1.35. The van der Waals surface area contributed by atoms with Gasteiger partial charge in [-0.1, -0.05) is 30.3 Å². The first-order valence-corrected chi connectivity index (χ1v) is 12.6. The van der Waals surface area contributed by atoms with E-state index in [9.17, 15) is 26.3 Å². The molecule has 0 unspecified atom stereocenters. The normalized spacial score (nSPS) is 11.4. The van der Waals surface area contributed by atoms with E-state index in [1.165, 1.54) is 17.8 Å². The lowest BCUT2D eigenvalue weighted by molar-refractivity contribution is -0.140. The molecule has 0 radical (unpaired) electrons. The summed E-state index contributed by atoms with van der Waals surface area (Å²) in [7, 11) is 1.04. The number of benzene rings is 3. The standard InChI is InChI=1S/C28H21F6NO3S/c1-15-27(39-3)24(37-14-16-7-5-4-6-8-16)13-21(35-15)17-11-20(30)18(28(32,33)34)12-23(17)38-22-10-9-19(29)25(31)26(22)36-2/h4-13H,14H2,1-3H3. The third-order valence-electron chi connectivity index (χ3n) is 5.64. The Morgan fingerprint density at radius 1 is 0.872 bits per heavy atom. The van der Waals surface area contributed by atoms with Crippen molar-refractivity contribution in [3.63, 3.8) is 0 Å². The van der Waals surface area contributed by atoms with Crippen LogP contribution in [0.15, 0.2) is 65.6 Å². The molecule has 0 spiro atoms. The van der Waals surface area contributed by atoms with Crippen LogP contribution in [0.3, 0.4) is 0 Å². The summed E-state index contributed by atoms with van der Waals surface area (Å²) in [4.78, 5) is 5.12. The lowest BCUT2D eigenvalue weighted by atomic mass is 10.0. The van der Waals surface area contributed by atoms with Crippen LogP contribution in [0.25, 0.3) is 11.3 Å². The van der Waals surface area contributed by atoms with Gasteiger partial charge in [0.2, 0.25) is 11.6 Å². The lowest BCUT2D eigenvalue weighted by Gasteiger charge is -2.19. The van der Waals surface area contributed by atoms with E-state index in [0.717, 1.165) is 24.8 Å². The van der Waals surface area contributed by atoms with E-state index in [0.29, 0.717) is 28.5 Å². The molecule has 0 atom stereocenters. The van der Waals surface area contributed by atoms with Crippen LogP contribution >= 0.6 is 11.8 Å². The summed E-state index contributed by atoms with van der Waals surface area (Å²) in [5, 5.41) is 0. The van der Waals surface area contributed by atoms with Gasteiger partial charge >= 0.3 is 6.18 Å². The smallest absolute Gasteiger partial charge is 0.419 e. The van der Waals surface area contributed by atoms with Gasteiger partial charge in [0.15, 0.2) is 11.6 Å². The maximum Gasteiger partial charge on any atom is 0.419 e. The fourth-order valence-corrected chi connectivity index (χ4v) is 4.48. The number of halogens is 6. The molecule has 39 heavy (non-hydrogen) atoms. The van der Waals surface area contributed by atoms with Gasteiger partial charge < -0.3 is 14.2 Å². The van der Waals surface area contributed by atoms with Crippen LogP contribution in [0.5, 0.6) is 23.0 Å². The third-order valence-corrected chi connectivity index (χ3v) is 6.54. The monoisotopic (exact) mass is 565 g/mol. The Morgan fingerprint density at radius 2 is 1.59 bits per heavy atom. The number of pyridine rings is 1. The second kappa shape index (κ2) is 11.5. The second-order valence-electron chi connectivity index (χ2n) is 8.22. The van der Waals surface area contributed by atoms with Gasteiger partial charge in [0.25, 0.3) is 0 Å². The molecule has 0 bridgehead atoms. The number of hydrogen-bond acceptors (Lipinski definition) is 5. The molecule has 4 aromatic rings. The van der Waals surface area contributed by atoms with Crippen molar-refractivity contribution in [2.45, 2.75) is 24.6 Å². The predicted octanol–water partition coefficient (Wildman–Crippen LogP) is 8.59. The molecule has 0 aliphatic heterocycles. The van der Waals surface area contributed by atoms with E-state index in [4.69, 9.17) is 14.2 Å². The summed E-state index contributed by atoms with van der Waals surface area (Å²) in [5.74, 6) is -5.45. The van der Waals surface area contributed by atoms with Gasteiger partial charge in [0.1, 0.15) is 23.9 Å². The molecule has 11 heteroatoms. The minimum absolute atomic E-state index is 0.0394. The molecule has 0 saturated carbocycles. The van der Waals surface area contributed by atoms with Crippen molar-refractivity contribution in [1.82, 2.24) is 4.98 Å². The van der Waals surface area contributed by atoms with Gasteiger partial charge in [-0.2, -0.15) is 17.6 Å². The highest BCUT2D eigenvalue weighted by Crippen LogP contribution is 2.44. The SMILES string of the molecule is COc1c(Oc2cc(C(F)(F)F)c(F)cc2-c2cc(OCc3ccccc3)c(SC)c(C)n2)ccc(F)c1F.